The van der Waals surface area contributed by atoms with Crippen LogP contribution in [0.15, 0.2) is 48.2 Å². The van der Waals surface area contributed by atoms with Crippen LogP contribution in [0.4, 0.5) is 0 Å². The van der Waals surface area contributed by atoms with E-state index in [9.17, 15) is 4.79 Å². The molecule has 3 aliphatic heterocycles. The number of piperidine rings is 2. The molecule has 0 aromatic heterocycles. The monoisotopic (exact) mass is 423 g/mol. The fourth-order valence-corrected chi connectivity index (χ4v) is 4.94. The molecule has 3 aliphatic rings. The smallest absolute Gasteiger partial charge is 0.253 e. The molecule has 0 radical (unpaired) electrons. The number of ether oxygens (including phenoxy) is 1. The average Bonchev–Trinajstić information content (AvgIpc) is 2.81. The van der Waals surface area contributed by atoms with E-state index in [1.807, 2.05) is 18.4 Å². The second-order valence-electron chi connectivity index (χ2n) is 9.78. The van der Waals surface area contributed by atoms with Crippen LogP contribution in [-0.4, -0.2) is 55.0 Å². The van der Waals surface area contributed by atoms with Crippen LogP contribution in [0.2, 0.25) is 0 Å². The lowest BCUT2D eigenvalue weighted by molar-refractivity contribution is -0.129. The number of hydrogen-bond acceptors (Lipinski definition) is 4. The third-order valence-electron chi connectivity index (χ3n) is 7.03. The summed E-state index contributed by atoms with van der Waals surface area (Å²) in [6.45, 7) is 10.9. The largest absolute Gasteiger partial charge is 0.493 e. The summed E-state index contributed by atoms with van der Waals surface area (Å²) in [6.07, 6.45) is 10.5. The molecule has 5 nitrogen and oxygen atoms in total. The lowest BCUT2D eigenvalue weighted by atomic mass is 9.71. The van der Waals surface area contributed by atoms with E-state index in [2.05, 4.69) is 53.2 Å². The molecule has 0 unspecified atom stereocenters. The standard InChI is InChI=1S/C26H37N3O2/c1-21(2)20-31-24-6-4-3-5-23(24)19-28-15-9-26(10-16-28)11-17-29(18-12-26)25(30)22-7-13-27-14-8-22/h3-8,13,21,27H,9-12,14-20H2,1-2H3. The Bertz CT molecular complexity index is 812. The Morgan fingerprint density at radius 1 is 1.10 bits per heavy atom. The van der Waals surface area contributed by atoms with Crippen LogP contribution in [-0.2, 0) is 11.3 Å². The van der Waals surface area contributed by atoms with E-state index < -0.39 is 0 Å². The lowest BCUT2D eigenvalue weighted by Crippen LogP contribution is -2.48. The number of para-hydroxylation sites is 1. The zero-order valence-electron chi connectivity index (χ0n) is 19.1. The summed E-state index contributed by atoms with van der Waals surface area (Å²) in [7, 11) is 0. The van der Waals surface area contributed by atoms with E-state index in [4.69, 9.17) is 4.74 Å². The van der Waals surface area contributed by atoms with Crippen molar-refractivity contribution in [3.8, 4) is 5.75 Å². The zero-order chi connectivity index (χ0) is 21.7. The van der Waals surface area contributed by atoms with Crippen molar-refractivity contribution in [1.82, 2.24) is 15.1 Å². The van der Waals surface area contributed by atoms with Crippen LogP contribution >= 0.6 is 0 Å². The third kappa shape index (κ3) is 5.51. The Morgan fingerprint density at radius 3 is 2.48 bits per heavy atom. The summed E-state index contributed by atoms with van der Waals surface area (Å²) in [6, 6.07) is 8.48. The van der Waals surface area contributed by atoms with Gasteiger partial charge in [-0.25, -0.2) is 0 Å². The minimum atomic E-state index is 0.197. The van der Waals surface area contributed by atoms with Crippen LogP contribution in [0.1, 0.15) is 45.1 Å². The van der Waals surface area contributed by atoms with Crippen molar-refractivity contribution in [2.24, 2.45) is 11.3 Å². The van der Waals surface area contributed by atoms with E-state index in [1.54, 1.807) is 0 Å². The molecule has 5 heteroatoms. The van der Waals surface area contributed by atoms with E-state index >= 15 is 0 Å². The number of nitrogens with zero attached hydrogens (tertiary/aromatic N) is 2. The Kier molecular flexibility index (Phi) is 7.01. The molecule has 1 spiro atoms. The van der Waals surface area contributed by atoms with E-state index in [-0.39, 0.29) is 5.91 Å². The predicted octanol–water partition coefficient (Wildman–Crippen LogP) is 3.97. The molecule has 168 valence electrons. The molecule has 2 fully saturated rings. The first-order valence-corrected chi connectivity index (χ1v) is 11.9. The summed E-state index contributed by atoms with van der Waals surface area (Å²) < 4.78 is 6.06. The minimum Gasteiger partial charge on any atom is -0.493 e. The second-order valence-corrected chi connectivity index (χ2v) is 9.78. The molecule has 0 aliphatic carbocycles. The molecular formula is C26H37N3O2. The van der Waals surface area contributed by atoms with Gasteiger partial charge in [0.05, 0.1) is 6.61 Å². The number of carbonyl (C=O) groups is 1. The lowest BCUT2D eigenvalue weighted by Gasteiger charge is -2.47. The Morgan fingerprint density at radius 2 is 1.81 bits per heavy atom. The molecular weight excluding hydrogens is 386 g/mol. The molecule has 1 aromatic carbocycles. The first-order valence-electron chi connectivity index (χ1n) is 11.9. The van der Waals surface area contributed by atoms with Crippen LogP contribution in [0.5, 0.6) is 5.75 Å². The maximum atomic E-state index is 12.8. The van der Waals surface area contributed by atoms with Gasteiger partial charge in [-0.3, -0.25) is 9.69 Å². The number of carbonyl (C=O) groups excluding carboxylic acids is 1. The maximum Gasteiger partial charge on any atom is 0.253 e. The number of rotatable bonds is 6. The Balaban J connectivity index is 1.27. The topological polar surface area (TPSA) is 44.8 Å². The molecule has 4 rings (SSSR count). The first-order chi connectivity index (χ1) is 15.0. The van der Waals surface area contributed by atoms with Crippen LogP contribution in [0, 0.1) is 11.3 Å². The van der Waals surface area contributed by atoms with Crippen molar-refractivity contribution >= 4 is 5.91 Å². The van der Waals surface area contributed by atoms with Gasteiger partial charge in [0.25, 0.3) is 5.91 Å². The molecule has 1 N–H and O–H groups in total. The van der Waals surface area contributed by atoms with Crippen molar-refractivity contribution in [1.29, 1.82) is 0 Å². The van der Waals surface area contributed by atoms with Gasteiger partial charge in [-0.1, -0.05) is 38.1 Å². The van der Waals surface area contributed by atoms with Crippen molar-refractivity contribution in [2.45, 2.75) is 46.1 Å². The fourth-order valence-electron chi connectivity index (χ4n) is 4.94. The van der Waals surface area contributed by atoms with E-state index in [1.165, 1.54) is 18.4 Å². The van der Waals surface area contributed by atoms with Crippen molar-refractivity contribution in [3.63, 3.8) is 0 Å². The SMILES string of the molecule is CC(C)COc1ccccc1CN1CCC2(CC1)CCN(C(=O)C1=CCNC=C1)CC2. The van der Waals surface area contributed by atoms with Gasteiger partial charge in [0.2, 0.25) is 0 Å². The number of dihydropyridines is 1. The minimum absolute atomic E-state index is 0.197. The van der Waals surface area contributed by atoms with Gasteiger partial charge in [0.15, 0.2) is 0 Å². The molecule has 3 heterocycles. The third-order valence-corrected chi connectivity index (χ3v) is 7.03. The summed E-state index contributed by atoms with van der Waals surface area (Å²) in [4.78, 5) is 17.4. The fraction of sp³-hybridized carbons (Fsp3) is 0.577. The van der Waals surface area contributed by atoms with Gasteiger partial charge in [0, 0.05) is 37.3 Å². The van der Waals surface area contributed by atoms with Gasteiger partial charge >= 0.3 is 0 Å². The van der Waals surface area contributed by atoms with E-state index in [0.717, 1.165) is 70.0 Å². The van der Waals surface area contributed by atoms with Gasteiger partial charge < -0.3 is 15.0 Å². The van der Waals surface area contributed by atoms with E-state index in [0.29, 0.717) is 11.3 Å². The van der Waals surface area contributed by atoms with Gasteiger partial charge in [-0.15, -0.1) is 0 Å². The molecule has 1 aromatic rings. The number of benzene rings is 1. The molecule has 0 atom stereocenters. The second kappa shape index (κ2) is 9.90. The van der Waals surface area contributed by atoms with Crippen LogP contribution in [0.3, 0.4) is 0 Å². The van der Waals surface area contributed by atoms with Gasteiger partial charge in [-0.05, 0) is 68.4 Å². The highest BCUT2D eigenvalue weighted by Gasteiger charge is 2.38. The summed E-state index contributed by atoms with van der Waals surface area (Å²) in [5.41, 5.74) is 2.55. The first kappa shape index (κ1) is 21.9. The Labute approximate surface area is 187 Å². The molecule has 0 saturated carbocycles. The quantitative estimate of drug-likeness (QED) is 0.752. The molecule has 0 bridgehead atoms. The zero-order valence-corrected chi connectivity index (χ0v) is 19.1. The maximum absolute atomic E-state index is 12.8. The predicted molar refractivity (Wildman–Crippen MR) is 125 cm³/mol. The normalized spacial score (nSPS) is 21.1. The summed E-state index contributed by atoms with van der Waals surface area (Å²) >= 11 is 0. The molecule has 1 amide bonds. The Hall–Kier alpha value is -2.27. The number of nitrogens with one attached hydrogen (secondary N) is 1. The van der Waals surface area contributed by atoms with Crippen molar-refractivity contribution < 1.29 is 9.53 Å². The van der Waals surface area contributed by atoms with Crippen molar-refractivity contribution in [3.05, 3.63) is 53.8 Å². The van der Waals surface area contributed by atoms with Gasteiger partial charge in [0.1, 0.15) is 5.75 Å². The summed E-state index contributed by atoms with van der Waals surface area (Å²) in [5.74, 6) is 1.76. The van der Waals surface area contributed by atoms with Crippen LogP contribution in [0.25, 0.3) is 0 Å². The highest BCUT2D eigenvalue weighted by molar-refractivity contribution is 5.96. The molecule has 31 heavy (non-hydrogen) atoms. The highest BCUT2D eigenvalue weighted by Crippen LogP contribution is 2.42. The van der Waals surface area contributed by atoms with Gasteiger partial charge in [-0.2, -0.15) is 0 Å². The van der Waals surface area contributed by atoms with Crippen molar-refractivity contribution in [2.75, 3.05) is 39.3 Å². The van der Waals surface area contributed by atoms with Crippen LogP contribution < -0.4 is 10.1 Å². The summed E-state index contributed by atoms with van der Waals surface area (Å²) in [5, 5.41) is 3.12. The number of hydrogen-bond donors (Lipinski definition) is 1. The number of likely N-dealkylation sites (tertiary alicyclic amines) is 2. The molecule has 2 saturated heterocycles. The average molecular weight is 424 g/mol. The number of amides is 1. The highest BCUT2D eigenvalue weighted by atomic mass is 16.5.